The molecule has 1 amide bonds. The number of hydrogen-bond acceptors (Lipinski definition) is 5. The van der Waals surface area contributed by atoms with E-state index in [0.29, 0.717) is 24.5 Å². The van der Waals surface area contributed by atoms with Crippen LogP contribution in [-0.2, 0) is 21.4 Å². The van der Waals surface area contributed by atoms with Gasteiger partial charge in [-0.3, -0.25) is 9.10 Å². The highest BCUT2D eigenvalue weighted by molar-refractivity contribution is 7.92. The zero-order valence-corrected chi connectivity index (χ0v) is 19.3. The molecule has 0 aromatic heterocycles. The molecule has 0 aliphatic heterocycles. The van der Waals surface area contributed by atoms with Crippen molar-refractivity contribution in [2.75, 3.05) is 31.3 Å². The van der Waals surface area contributed by atoms with Crippen LogP contribution in [0.3, 0.4) is 0 Å². The van der Waals surface area contributed by atoms with E-state index in [2.05, 4.69) is 5.32 Å². The van der Waals surface area contributed by atoms with E-state index in [1.165, 1.54) is 0 Å². The van der Waals surface area contributed by atoms with Gasteiger partial charge in [0.05, 0.1) is 36.2 Å². The first-order valence-corrected chi connectivity index (χ1v) is 11.7. The molecule has 2 rings (SSSR count). The van der Waals surface area contributed by atoms with Gasteiger partial charge >= 0.3 is 0 Å². The average molecular weight is 475 g/mol. The first kappa shape index (κ1) is 24.1. The predicted octanol–water partition coefficient (Wildman–Crippen LogP) is 3.87. The van der Waals surface area contributed by atoms with Crippen LogP contribution in [0.1, 0.15) is 18.4 Å². The highest BCUT2D eigenvalue weighted by atomic mass is 35.5. The van der Waals surface area contributed by atoms with Crippen LogP contribution >= 0.6 is 23.2 Å². The predicted molar refractivity (Wildman–Crippen MR) is 119 cm³/mol. The van der Waals surface area contributed by atoms with Crippen molar-refractivity contribution < 1.29 is 22.7 Å². The van der Waals surface area contributed by atoms with Gasteiger partial charge in [-0.25, -0.2) is 8.42 Å². The Bertz CT molecular complexity index is 978. The number of ether oxygens (including phenoxy) is 2. The summed E-state index contributed by atoms with van der Waals surface area (Å²) in [6.07, 6.45) is 1.51. The van der Waals surface area contributed by atoms with Crippen molar-refractivity contribution in [3.63, 3.8) is 0 Å². The third-order valence-corrected chi connectivity index (χ3v) is 6.07. The number of para-hydroxylation sites is 1. The molecular formula is C20H24Cl2N2O5S. The second-order valence-corrected chi connectivity index (χ2v) is 9.20. The van der Waals surface area contributed by atoms with E-state index in [-0.39, 0.29) is 34.6 Å². The normalized spacial score (nSPS) is 11.1. The number of hydrogen-bond donors (Lipinski definition) is 1. The van der Waals surface area contributed by atoms with Crippen molar-refractivity contribution in [1.82, 2.24) is 5.32 Å². The summed E-state index contributed by atoms with van der Waals surface area (Å²) in [7, 11) is -0.532. The van der Waals surface area contributed by atoms with Crippen molar-refractivity contribution in [2.45, 2.75) is 19.4 Å². The summed E-state index contributed by atoms with van der Waals surface area (Å²) in [6, 6.07) is 10.1. The smallest absolute Gasteiger partial charge is 0.232 e. The van der Waals surface area contributed by atoms with Crippen LogP contribution in [0.15, 0.2) is 36.4 Å². The van der Waals surface area contributed by atoms with Crippen LogP contribution in [-0.4, -0.2) is 41.3 Å². The monoisotopic (exact) mass is 474 g/mol. The molecule has 0 heterocycles. The molecule has 0 aliphatic rings. The lowest BCUT2D eigenvalue weighted by Crippen LogP contribution is -2.32. The SMILES string of the molecule is COc1ccc(CNC(=O)CCCN(c2c(Cl)cccc2Cl)S(C)(=O)=O)cc1OC. The van der Waals surface area contributed by atoms with Gasteiger partial charge in [0.15, 0.2) is 11.5 Å². The lowest BCUT2D eigenvalue weighted by atomic mass is 10.2. The van der Waals surface area contributed by atoms with Crippen LogP contribution in [0.5, 0.6) is 11.5 Å². The first-order valence-electron chi connectivity index (χ1n) is 9.06. The van der Waals surface area contributed by atoms with Gasteiger partial charge in [-0.15, -0.1) is 0 Å². The number of rotatable bonds is 10. The Hall–Kier alpha value is -2.16. The summed E-state index contributed by atoms with van der Waals surface area (Å²) >= 11 is 12.3. The Balaban J connectivity index is 1.95. The molecule has 0 atom stereocenters. The Morgan fingerprint density at radius 2 is 1.70 bits per heavy atom. The van der Waals surface area contributed by atoms with Crippen LogP contribution in [0.4, 0.5) is 5.69 Å². The topological polar surface area (TPSA) is 84.9 Å². The van der Waals surface area contributed by atoms with Crippen molar-refractivity contribution >= 4 is 44.8 Å². The highest BCUT2D eigenvalue weighted by Crippen LogP contribution is 2.35. The van der Waals surface area contributed by atoms with E-state index < -0.39 is 10.0 Å². The second-order valence-electron chi connectivity index (χ2n) is 6.48. The lowest BCUT2D eigenvalue weighted by molar-refractivity contribution is -0.121. The molecule has 0 bridgehead atoms. The fourth-order valence-electron chi connectivity index (χ4n) is 2.83. The molecule has 30 heavy (non-hydrogen) atoms. The molecule has 0 spiro atoms. The van der Waals surface area contributed by atoms with Crippen LogP contribution in [0.25, 0.3) is 0 Å². The minimum absolute atomic E-state index is 0.0755. The Morgan fingerprint density at radius 1 is 1.07 bits per heavy atom. The summed E-state index contributed by atoms with van der Waals surface area (Å²) in [5, 5.41) is 3.26. The number of amides is 1. The molecule has 2 aromatic rings. The van der Waals surface area contributed by atoms with E-state index in [1.54, 1.807) is 44.6 Å². The van der Waals surface area contributed by atoms with Gasteiger partial charge in [0.2, 0.25) is 15.9 Å². The molecule has 0 aliphatic carbocycles. The molecule has 0 radical (unpaired) electrons. The van der Waals surface area contributed by atoms with Crippen molar-refractivity contribution in [3.8, 4) is 11.5 Å². The van der Waals surface area contributed by atoms with Crippen LogP contribution in [0.2, 0.25) is 10.0 Å². The van der Waals surface area contributed by atoms with Gasteiger partial charge in [0.25, 0.3) is 0 Å². The van der Waals surface area contributed by atoms with Crippen molar-refractivity contribution in [2.24, 2.45) is 0 Å². The van der Waals surface area contributed by atoms with Gasteiger partial charge in [-0.05, 0) is 36.2 Å². The number of methoxy groups -OCH3 is 2. The minimum atomic E-state index is -3.62. The van der Waals surface area contributed by atoms with Gasteiger partial charge in [-0.2, -0.15) is 0 Å². The maximum atomic E-state index is 12.2. The Morgan fingerprint density at radius 3 is 2.27 bits per heavy atom. The number of nitrogens with zero attached hydrogens (tertiary/aromatic N) is 1. The summed E-state index contributed by atoms with van der Waals surface area (Å²) in [5.41, 5.74) is 1.07. The van der Waals surface area contributed by atoms with E-state index in [0.717, 1.165) is 16.1 Å². The number of carbonyl (C=O) groups is 1. The fraction of sp³-hybridized carbons (Fsp3) is 0.350. The Labute approximate surface area is 186 Å². The number of halogens is 2. The minimum Gasteiger partial charge on any atom is -0.493 e. The lowest BCUT2D eigenvalue weighted by Gasteiger charge is -2.24. The summed E-state index contributed by atoms with van der Waals surface area (Å²) in [5.74, 6) is 0.972. The zero-order chi connectivity index (χ0) is 22.3. The number of anilines is 1. The maximum Gasteiger partial charge on any atom is 0.232 e. The molecule has 10 heteroatoms. The molecule has 0 saturated carbocycles. The summed E-state index contributed by atoms with van der Waals surface area (Å²) in [6.45, 7) is 0.386. The molecular weight excluding hydrogens is 451 g/mol. The van der Waals surface area contributed by atoms with E-state index in [4.69, 9.17) is 32.7 Å². The van der Waals surface area contributed by atoms with E-state index in [1.807, 2.05) is 6.07 Å². The van der Waals surface area contributed by atoms with E-state index >= 15 is 0 Å². The second kappa shape index (κ2) is 10.7. The van der Waals surface area contributed by atoms with Crippen molar-refractivity contribution in [3.05, 3.63) is 52.0 Å². The molecule has 0 saturated heterocycles. The third kappa shape index (κ3) is 6.42. The van der Waals surface area contributed by atoms with Crippen LogP contribution < -0.4 is 19.1 Å². The van der Waals surface area contributed by atoms with E-state index in [9.17, 15) is 13.2 Å². The molecule has 7 nitrogen and oxygen atoms in total. The summed E-state index contributed by atoms with van der Waals surface area (Å²) < 4.78 is 36.0. The van der Waals surface area contributed by atoms with Crippen LogP contribution in [0, 0.1) is 0 Å². The van der Waals surface area contributed by atoms with Gasteiger partial charge in [-0.1, -0.05) is 35.3 Å². The molecule has 1 N–H and O–H groups in total. The number of nitrogens with one attached hydrogen (secondary N) is 1. The fourth-order valence-corrected chi connectivity index (χ4v) is 4.52. The first-order chi connectivity index (χ1) is 14.2. The quantitative estimate of drug-likeness (QED) is 0.564. The van der Waals surface area contributed by atoms with Gasteiger partial charge in [0.1, 0.15) is 0 Å². The largest absolute Gasteiger partial charge is 0.493 e. The Kier molecular flexibility index (Phi) is 8.64. The standard InChI is InChI=1S/C20H24Cl2N2O5S/c1-28-17-10-9-14(12-18(17)29-2)13-23-19(25)8-5-11-24(30(3,26)27)20-15(21)6-4-7-16(20)22/h4,6-7,9-10,12H,5,8,11,13H2,1-3H3,(H,23,25). The molecule has 164 valence electrons. The van der Waals surface area contributed by atoms with Gasteiger partial charge < -0.3 is 14.8 Å². The summed E-state index contributed by atoms with van der Waals surface area (Å²) in [4.78, 5) is 12.2. The highest BCUT2D eigenvalue weighted by Gasteiger charge is 2.22. The third-order valence-electron chi connectivity index (χ3n) is 4.29. The molecule has 0 unspecified atom stereocenters. The number of carbonyl (C=O) groups excluding carboxylic acids is 1. The zero-order valence-electron chi connectivity index (χ0n) is 16.9. The van der Waals surface area contributed by atoms with Crippen molar-refractivity contribution in [1.29, 1.82) is 0 Å². The maximum absolute atomic E-state index is 12.2. The number of benzene rings is 2. The molecule has 2 aromatic carbocycles. The number of sulfonamides is 1. The average Bonchev–Trinajstić information content (AvgIpc) is 2.69. The molecule has 0 fully saturated rings. The van der Waals surface area contributed by atoms with Gasteiger partial charge in [0, 0.05) is 19.5 Å².